The highest BCUT2D eigenvalue weighted by molar-refractivity contribution is 5.92. The fraction of sp³-hybridized carbons (Fsp3) is 0.176. The lowest BCUT2D eigenvalue weighted by atomic mass is 10.1. The first-order valence-corrected chi connectivity index (χ1v) is 7.70. The monoisotopic (exact) mass is 340 g/mol. The number of amides is 1. The predicted octanol–water partition coefficient (Wildman–Crippen LogP) is 2.99. The summed E-state index contributed by atoms with van der Waals surface area (Å²) >= 11 is 0. The number of carbonyl (C=O) groups excluding carboxylic acids is 1. The van der Waals surface area contributed by atoms with Gasteiger partial charge in [-0.2, -0.15) is 0 Å². The Hall–Kier alpha value is -3.29. The maximum atomic E-state index is 13.6. The van der Waals surface area contributed by atoms with Crippen LogP contribution in [0.1, 0.15) is 23.3 Å². The molecule has 1 saturated carbocycles. The van der Waals surface area contributed by atoms with Crippen LogP contribution in [0, 0.1) is 5.82 Å². The molecule has 8 heteroatoms. The molecule has 1 aliphatic rings. The third-order valence-electron chi connectivity index (χ3n) is 4.09. The van der Waals surface area contributed by atoms with Gasteiger partial charge in [-0.15, -0.1) is 0 Å². The van der Waals surface area contributed by atoms with Crippen molar-refractivity contribution in [2.24, 2.45) is 0 Å². The number of rotatable bonds is 4. The summed E-state index contributed by atoms with van der Waals surface area (Å²) < 4.78 is 15.1. The normalized spacial score (nSPS) is 13.8. The van der Waals surface area contributed by atoms with Crippen LogP contribution in [0.5, 0.6) is 0 Å². The molecule has 1 aliphatic carbocycles. The number of aldehydes is 1. The molecular weight excluding hydrogens is 327 g/mol. The molecule has 1 amide bonds. The SMILES string of the molecule is O=Cc1cnc2c(N(C(=O)O)C3CC3)nc(-c3cccc(F)c3)cn12. The van der Waals surface area contributed by atoms with Gasteiger partial charge in [0.15, 0.2) is 17.8 Å². The van der Waals surface area contributed by atoms with E-state index in [1.807, 2.05) is 0 Å². The van der Waals surface area contributed by atoms with Crippen LogP contribution in [0.4, 0.5) is 15.0 Å². The van der Waals surface area contributed by atoms with E-state index >= 15 is 0 Å². The maximum Gasteiger partial charge on any atom is 0.413 e. The fourth-order valence-electron chi connectivity index (χ4n) is 2.78. The van der Waals surface area contributed by atoms with Crippen LogP contribution in [0.2, 0.25) is 0 Å². The summed E-state index contributed by atoms with van der Waals surface area (Å²) in [7, 11) is 0. The lowest BCUT2D eigenvalue weighted by Gasteiger charge is -2.19. The number of hydrogen-bond acceptors (Lipinski definition) is 4. The van der Waals surface area contributed by atoms with Gasteiger partial charge >= 0.3 is 6.09 Å². The van der Waals surface area contributed by atoms with E-state index < -0.39 is 11.9 Å². The van der Waals surface area contributed by atoms with Crippen molar-refractivity contribution >= 4 is 23.8 Å². The minimum absolute atomic E-state index is 0.143. The van der Waals surface area contributed by atoms with Crippen LogP contribution in [-0.4, -0.2) is 37.9 Å². The Labute approximate surface area is 141 Å². The van der Waals surface area contributed by atoms with Gasteiger partial charge in [-0.3, -0.25) is 14.1 Å². The largest absolute Gasteiger partial charge is 0.465 e. The zero-order chi connectivity index (χ0) is 17.6. The van der Waals surface area contributed by atoms with E-state index in [2.05, 4.69) is 9.97 Å². The molecule has 0 atom stereocenters. The van der Waals surface area contributed by atoms with Crippen LogP contribution in [-0.2, 0) is 0 Å². The molecular formula is C17H13FN4O3. The van der Waals surface area contributed by atoms with E-state index in [1.54, 1.807) is 18.3 Å². The third kappa shape index (κ3) is 2.61. The van der Waals surface area contributed by atoms with Gasteiger partial charge in [0.25, 0.3) is 0 Å². The van der Waals surface area contributed by atoms with Crippen LogP contribution in [0.25, 0.3) is 16.9 Å². The predicted molar refractivity (Wildman–Crippen MR) is 87.3 cm³/mol. The minimum atomic E-state index is -1.14. The van der Waals surface area contributed by atoms with Crippen molar-refractivity contribution in [3.8, 4) is 11.3 Å². The summed E-state index contributed by atoms with van der Waals surface area (Å²) in [6, 6.07) is 5.66. The zero-order valence-electron chi connectivity index (χ0n) is 13.0. The van der Waals surface area contributed by atoms with Gasteiger partial charge in [-0.05, 0) is 25.0 Å². The third-order valence-corrected chi connectivity index (χ3v) is 4.09. The fourth-order valence-corrected chi connectivity index (χ4v) is 2.78. The molecule has 0 saturated heterocycles. The molecule has 126 valence electrons. The highest BCUT2D eigenvalue weighted by Gasteiger charge is 2.36. The second-order valence-corrected chi connectivity index (χ2v) is 5.84. The molecule has 7 nitrogen and oxygen atoms in total. The number of anilines is 1. The van der Waals surface area contributed by atoms with Crippen LogP contribution < -0.4 is 4.90 Å². The quantitative estimate of drug-likeness (QED) is 0.738. The van der Waals surface area contributed by atoms with Crippen molar-refractivity contribution in [2.45, 2.75) is 18.9 Å². The van der Waals surface area contributed by atoms with Gasteiger partial charge in [0.05, 0.1) is 11.9 Å². The van der Waals surface area contributed by atoms with Crippen LogP contribution in [0.3, 0.4) is 0 Å². The molecule has 1 N–H and O–H groups in total. The molecule has 3 aromatic rings. The number of carboxylic acid groups (broad SMARTS) is 1. The Bertz CT molecular complexity index is 997. The lowest BCUT2D eigenvalue weighted by molar-refractivity contribution is 0.111. The van der Waals surface area contributed by atoms with Crippen molar-refractivity contribution in [3.63, 3.8) is 0 Å². The van der Waals surface area contributed by atoms with Gasteiger partial charge in [0.1, 0.15) is 11.5 Å². The summed E-state index contributed by atoms with van der Waals surface area (Å²) in [6.45, 7) is 0. The number of fused-ring (bicyclic) bond motifs is 1. The summed E-state index contributed by atoms with van der Waals surface area (Å²) in [5.74, 6) is -0.288. The molecule has 0 spiro atoms. The average molecular weight is 340 g/mol. The summed E-state index contributed by atoms with van der Waals surface area (Å²) in [5.41, 5.74) is 1.37. The lowest BCUT2D eigenvalue weighted by Crippen LogP contribution is -2.32. The molecule has 2 aromatic heterocycles. The number of carbonyl (C=O) groups is 2. The topological polar surface area (TPSA) is 87.8 Å². The molecule has 0 aliphatic heterocycles. The Kier molecular flexibility index (Phi) is 3.45. The van der Waals surface area contributed by atoms with Crippen molar-refractivity contribution < 1.29 is 19.1 Å². The maximum absolute atomic E-state index is 13.6. The van der Waals surface area contributed by atoms with Crippen LogP contribution in [0.15, 0.2) is 36.7 Å². The Morgan fingerprint density at radius 1 is 1.40 bits per heavy atom. The Balaban J connectivity index is 1.98. The Morgan fingerprint density at radius 3 is 2.84 bits per heavy atom. The molecule has 0 radical (unpaired) electrons. The molecule has 2 heterocycles. The van der Waals surface area contributed by atoms with Crippen molar-refractivity contribution in [1.29, 1.82) is 0 Å². The minimum Gasteiger partial charge on any atom is -0.465 e. The number of halogens is 1. The smallest absolute Gasteiger partial charge is 0.413 e. The standard InChI is InChI=1S/C17H13FN4O3/c18-11-3-1-2-10(6-11)14-8-21-13(9-23)7-19-15(21)16(20-14)22(17(24)25)12-4-5-12/h1-3,6-9,12H,4-5H2,(H,24,25). The van der Waals surface area contributed by atoms with Crippen LogP contribution >= 0.6 is 0 Å². The summed E-state index contributed by atoms with van der Waals surface area (Å²) in [5, 5.41) is 9.59. The van der Waals surface area contributed by atoms with E-state index in [4.69, 9.17) is 0 Å². The number of benzene rings is 1. The van der Waals surface area contributed by atoms with Gasteiger partial charge in [0, 0.05) is 17.8 Å². The van der Waals surface area contributed by atoms with Gasteiger partial charge in [-0.1, -0.05) is 12.1 Å². The second kappa shape index (κ2) is 5.66. The van der Waals surface area contributed by atoms with E-state index in [0.29, 0.717) is 17.5 Å². The van der Waals surface area contributed by atoms with Gasteiger partial charge < -0.3 is 5.11 Å². The van der Waals surface area contributed by atoms with E-state index in [9.17, 15) is 19.1 Å². The first-order chi connectivity index (χ1) is 12.1. The summed E-state index contributed by atoms with van der Waals surface area (Å²) in [4.78, 5) is 32.7. The highest BCUT2D eigenvalue weighted by Crippen LogP contribution is 2.34. The van der Waals surface area contributed by atoms with E-state index in [-0.39, 0.29) is 23.2 Å². The zero-order valence-corrected chi connectivity index (χ0v) is 13.0. The van der Waals surface area contributed by atoms with E-state index in [1.165, 1.54) is 27.6 Å². The molecule has 1 aromatic carbocycles. The first kappa shape index (κ1) is 15.3. The van der Waals surface area contributed by atoms with E-state index in [0.717, 1.165) is 12.8 Å². The molecule has 0 bridgehead atoms. The molecule has 0 unspecified atom stereocenters. The molecule has 1 fully saturated rings. The summed E-state index contributed by atoms with van der Waals surface area (Å²) in [6.07, 6.45) is 3.88. The molecule has 4 rings (SSSR count). The van der Waals surface area contributed by atoms with Gasteiger partial charge in [0.2, 0.25) is 0 Å². The second-order valence-electron chi connectivity index (χ2n) is 5.84. The average Bonchev–Trinajstić information content (AvgIpc) is 3.32. The number of nitrogens with zero attached hydrogens (tertiary/aromatic N) is 4. The first-order valence-electron chi connectivity index (χ1n) is 7.70. The highest BCUT2D eigenvalue weighted by atomic mass is 19.1. The number of hydrogen-bond donors (Lipinski definition) is 1. The van der Waals surface area contributed by atoms with Crippen molar-refractivity contribution in [3.05, 3.63) is 48.2 Å². The van der Waals surface area contributed by atoms with Crippen molar-refractivity contribution in [1.82, 2.24) is 14.4 Å². The Morgan fingerprint density at radius 2 is 2.20 bits per heavy atom. The number of aromatic nitrogens is 3. The molecule has 25 heavy (non-hydrogen) atoms. The van der Waals surface area contributed by atoms with Gasteiger partial charge in [-0.25, -0.2) is 19.2 Å². The van der Waals surface area contributed by atoms with Crippen molar-refractivity contribution in [2.75, 3.05) is 4.90 Å². The number of imidazole rings is 1.